The first-order valence-electron chi connectivity index (χ1n) is 10.9. The van der Waals surface area contributed by atoms with Gasteiger partial charge in [0.1, 0.15) is 0 Å². The number of nitrogens with zero attached hydrogens (tertiary/aromatic N) is 2. The van der Waals surface area contributed by atoms with Gasteiger partial charge in [-0.25, -0.2) is 9.79 Å². The number of carbonyl (C=O) groups excluding carboxylic acids is 2. The van der Waals surface area contributed by atoms with Crippen molar-refractivity contribution in [3.8, 4) is 11.5 Å². The summed E-state index contributed by atoms with van der Waals surface area (Å²) in [4.78, 5) is 31.3. The number of hydrogen-bond donors (Lipinski definition) is 0. The van der Waals surface area contributed by atoms with E-state index in [1.165, 1.54) is 23.8 Å². The molecule has 34 heavy (non-hydrogen) atoms. The molecule has 1 aliphatic rings. The van der Waals surface area contributed by atoms with Crippen LogP contribution in [0.1, 0.15) is 42.6 Å². The Hall–Kier alpha value is -2.78. The highest BCUT2D eigenvalue weighted by molar-refractivity contribution is 9.10. The van der Waals surface area contributed by atoms with E-state index in [1.807, 2.05) is 19.1 Å². The molecule has 1 aliphatic heterocycles. The molecule has 2 aromatic rings. The largest absolute Gasteiger partial charge is 0.490 e. The highest BCUT2D eigenvalue weighted by Crippen LogP contribution is 2.39. The van der Waals surface area contributed by atoms with Gasteiger partial charge in [-0.2, -0.15) is 0 Å². The first-order chi connectivity index (χ1) is 16.4. The van der Waals surface area contributed by atoms with Gasteiger partial charge in [-0.3, -0.25) is 9.69 Å². The van der Waals surface area contributed by atoms with Gasteiger partial charge in [-0.15, -0.1) is 0 Å². The number of esters is 1. The van der Waals surface area contributed by atoms with Crippen molar-refractivity contribution in [3.05, 3.63) is 56.9 Å². The van der Waals surface area contributed by atoms with Crippen molar-refractivity contribution in [2.45, 2.75) is 26.7 Å². The Balaban J connectivity index is 1.88. The van der Waals surface area contributed by atoms with Crippen molar-refractivity contribution in [2.75, 3.05) is 27.4 Å². The minimum Gasteiger partial charge on any atom is -0.490 e. The van der Waals surface area contributed by atoms with Crippen molar-refractivity contribution < 1.29 is 23.8 Å². The predicted octanol–water partition coefficient (Wildman–Crippen LogP) is 6.05. The summed E-state index contributed by atoms with van der Waals surface area (Å²) < 4.78 is 17.2. The number of likely N-dealkylation sites (N-methyl/N-ethyl adjacent to an activating group) is 1. The number of methoxy groups -OCH3 is 1. The number of carbonyl (C=O) groups is 2. The van der Waals surface area contributed by atoms with E-state index in [4.69, 9.17) is 14.2 Å². The highest BCUT2D eigenvalue weighted by Gasteiger charge is 2.30. The first kappa shape index (κ1) is 25.8. The number of unbranched alkanes of at least 4 members (excludes halogenated alkanes) is 1. The molecule has 0 saturated carbocycles. The van der Waals surface area contributed by atoms with Crippen molar-refractivity contribution in [1.82, 2.24) is 4.90 Å². The fourth-order valence-corrected chi connectivity index (χ4v) is 4.69. The predicted molar refractivity (Wildman–Crippen MR) is 139 cm³/mol. The molecule has 0 aliphatic carbocycles. The number of halogens is 1. The Bertz CT molecular complexity index is 1130. The lowest BCUT2D eigenvalue weighted by Crippen LogP contribution is -2.23. The van der Waals surface area contributed by atoms with E-state index < -0.39 is 5.97 Å². The van der Waals surface area contributed by atoms with Gasteiger partial charge in [0, 0.05) is 7.05 Å². The Morgan fingerprint density at radius 1 is 1.21 bits per heavy atom. The topological polar surface area (TPSA) is 77.4 Å². The smallest absolute Gasteiger partial charge is 0.337 e. The van der Waals surface area contributed by atoms with E-state index >= 15 is 0 Å². The zero-order chi connectivity index (χ0) is 24.7. The summed E-state index contributed by atoms with van der Waals surface area (Å²) in [6.45, 7) is 5.12. The molecule has 0 atom stereocenters. The summed E-state index contributed by atoms with van der Waals surface area (Å²) in [5, 5.41) is 0.516. The quantitative estimate of drug-likeness (QED) is 0.216. The average molecular weight is 547 g/mol. The molecule has 9 heteroatoms. The molecule has 0 radical (unpaired) electrons. The van der Waals surface area contributed by atoms with Crippen LogP contribution in [0.2, 0.25) is 0 Å². The number of amides is 1. The van der Waals surface area contributed by atoms with Gasteiger partial charge in [-0.05, 0) is 83.0 Å². The Labute approximate surface area is 212 Å². The van der Waals surface area contributed by atoms with E-state index in [1.54, 1.807) is 37.4 Å². The molecule has 0 aromatic heterocycles. The van der Waals surface area contributed by atoms with Gasteiger partial charge in [0.25, 0.3) is 5.91 Å². The van der Waals surface area contributed by atoms with Gasteiger partial charge in [0.15, 0.2) is 16.7 Å². The molecule has 1 saturated heterocycles. The van der Waals surface area contributed by atoms with Gasteiger partial charge >= 0.3 is 5.97 Å². The lowest BCUT2D eigenvalue weighted by Gasteiger charge is -2.14. The SMILES string of the molecule is CCCCOc1c(Br)cc(C=C2SC(=Nc3cccc(C(=O)OC)c3)N(C)C2=O)cc1OCC. The third-order valence-electron chi connectivity index (χ3n) is 4.87. The zero-order valence-corrected chi connectivity index (χ0v) is 22.0. The second-order valence-corrected chi connectivity index (χ2v) is 9.24. The van der Waals surface area contributed by atoms with E-state index in [2.05, 4.69) is 27.8 Å². The van der Waals surface area contributed by atoms with Crippen LogP contribution in [-0.4, -0.2) is 49.3 Å². The van der Waals surface area contributed by atoms with Crippen LogP contribution in [0.15, 0.2) is 50.8 Å². The van der Waals surface area contributed by atoms with Crippen molar-refractivity contribution in [2.24, 2.45) is 4.99 Å². The van der Waals surface area contributed by atoms with Crippen molar-refractivity contribution in [1.29, 1.82) is 0 Å². The molecule has 0 bridgehead atoms. The standard InChI is InChI=1S/C25H27BrN2O5S/c1-5-7-11-33-22-19(26)12-16(13-20(22)32-6-2)14-21-23(29)28(3)25(34-21)27-18-10-8-9-17(15-18)24(30)31-4/h8-10,12-15H,5-7,11H2,1-4H3. The van der Waals surface area contributed by atoms with Gasteiger partial charge < -0.3 is 14.2 Å². The number of ether oxygens (including phenoxy) is 3. The molecule has 0 unspecified atom stereocenters. The molecule has 0 N–H and O–H groups in total. The minimum absolute atomic E-state index is 0.162. The summed E-state index contributed by atoms with van der Waals surface area (Å²) in [7, 11) is 3.00. The molecular formula is C25H27BrN2O5S. The number of hydrogen-bond acceptors (Lipinski definition) is 7. The molecular weight excluding hydrogens is 520 g/mol. The van der Waals surface area contributed by atoms with Gasteiger partial charge in [0.2, 0.25) is 0 Å². The summed E-state index contributed by atoms with van der Waals surface area (Å²) in [5.41, 5.74) is 1.75. The molecule has 2 aromatic carbocycles. The van der Waals surface area contributed by atoms with Crippen LogP contribution >= 0.6 is 27.7 Å². The normalized spacial score (nSPS) is 15.8. The molecule has 3 rings (SSSR count). The van der Waals surface area contributed by atoms with Crippen molar-refractivity contribution >= 4 is 56.5 Å². The molecule has 1 amide bonds. The summed E-state index contributed by atoms with van der Waals surface area (Å²) in [6.07, 6.45) is 3.79. The Kier molecular flexibility index (Phi) is 9.18. The summed E-state index contributed by atoms with van der Waals surface area (Å²) in [6, 6.07) is 10.5. The molecule has 1 fully saturated rings. The number of benzene rings is 2. The average Bonchev–Trinajstić information content (AvgIpc) is 3.08. The maximum absolute atomic E-state index is 12.9. The fourth-order valence-electron chi connectivity index (χ4n) is 3.13. The van der Waals surface area contributed by atoms with Crippen LogP contribution in [0.5, 0.6) is 11.5 Å². The second kappa shape index (κ2) is 12.1. The third kappa shape index (κ3) is 6.21. The molecule has 0 spiro atoms. The molecule has 7 nitrogen and oxygen atoms in total. The maximum Gasteiger partial charge on any atom is 0.337 e. The van der Waals surface area contributed by atoms with E-state index in [-0.39, 0.29) is 5.91 Å². The number of amidine groups is 1. The van der Waals surface area contributed by atoms with Crippen LogP contribution in [0, 0.1) is 0 Å². The van der Waals surface area contributed by atoms with Crippen LogP contribution in [0.25, 0.3) is 6.08 Å². The van der Waals surface area contributed by atoms with Crippen LogP contribution in [-0.2, 0) is 9.53 Å². The number of rotatable bonds is 9. The second-order valence-electron chi connectivity index (χ2n) is 7.38. The lowest BCUT2D eigenvalue weighted by atomic mass is 10.2. The van der Waals surface area contributed by atoms with E-state index in [0.29, 0.717) is 46.0 Å². The lowest BCUT2D eigenvalue weighted by molar-refractivity contribution is -0.121. The van der Waals surface area contributed by atoms with Gasteiger partial charge in [0.05, 0.1) is 41.0 Å². The maximum atomic E-state index is 12.9. The first-order valence-corrected chi connectivity index (χ1v) is 12.5. The minimum atomic E-state index is -0.441. The van der Waals surface area contributed by atoms with E-state index in [0.717, 1.165) is 22.9 Å². The Morgan fingerprint density at radius 3 is 2.71 bits per heavy atom. The summed E-state index contributed by atoms with van der Waals surface area (Å²) in [5.74, 6) is 0.680. The summed E-state index contributed by atoms with van der Waals surface area (Å²) >= 11 is 4.85. The van der Waals surface area contributed by atoms with Crippen molar-refractivity contribution in [3.63, 3.8) is 0 Å². The van der Waals surface area contributed by atoms with Gasteiger partial charge in [-0.1, -0.05) is 19.4 Å². The zero-order valence-electron chi connectivity index (χ0n) is 19.6. The van der Waals surface area contributed by atoms with Crippen LogP contribution < -0.4 is 9.47 Å². The fraction of sp³-hybridized carbons (Fsp3) is 0.320. The number of aliphatic imine (C=N–C) groups is 1. The Morgan fingerprint density at radius 2 is 2.00 bits per heavy atom. The van der Waals surface area contributed by atoms with E-state index in [9.17, 15) is 9.59 Å². The van der Waals surface area contributed by atoms with Crippen LogP contribution in [0.4, 0.5) is 5.69 Å². The molecule has 1 heterocycles. The molecule has 180 valence electrons. The monoisotopic (exact) mass is 546 g/mol. The number of thioether (sulfide) groups is 1. The highest BCUT2D eigenvalue weighted by atomic mass is 79.9. The van der Waals surface area contributed by atoms with Crippen LogP contribution in [0.3, 0.4) is 0 Å². The third-order valence-corrected chi connectivity index (χ3v) is 6.52.